The lowest BCUT2D eigenvalue weighted by Gasteiger charge is -2.12. The fourth-order valence-electron chi connectivity index (χ4n) is 3.09. The molecule has 0 saturated carbocycles. The molecule has 2 heterocycles. The fourth-order valence-corrected chi connectivity index (χ4v) is 3.95. The van der Waals surface area contributed by atoms with Gasteiger partial charge in [-0.05, 0) is 53.7 Å². The zero-order valence-corrected chi connectivity index (χ0v) is 17.6. The molecule has 1 saturated heterocycles. The highest BCUT2D eigenvalue weighted by Crippen LogP contribution is 2.31. The van der Waals surface area contributed by atoms with E-state index in [1.165, 1.54) is 30.3 Å². The Morgan fingerprint density at radius 1 is 1.06 bits per heavy atom. The van der Waals surface area contributed by atoms with E-state index in [1.54, 1.807) is 12.2 Å². The Kier molecular flexibility index (Phi) is 6.42. The lowest BCUT2D eigenvalue weighted by atomic mass is 10.2. The number of carbonyl (C=O) groups is 3. The smallest absolute Gasteiger partial charge is 0.293 e. The van der Waals surface area contributed by atoms with E-state index in [9.17, 15) is 18.8 Å². The van der Waals surface area contributed by atoms with Crippen molar-refractivity contribution < 1.29 is 18.8 Å². The minimum Gasteiger partial charge on any atom is -0.351 e. The van der Waals surface area contributed by atoms with Gasteiger partial charge in [0, 0.05) is 24.6 Å². The van der Waals surface area contributed by atoms with E-state index in [2.05, 4.69) is 10.3 Å². The third-order valence-electron chi connectivity index (χ3n) is 4.70. The van der Waals surface area contributed by atoms with Crippen molar-refractivity contribution in [1.29, 1.82) is 0 Å². The van der Waals surface area contributed by atoms with E-state index in [0.29, 0.717) is 11.3 Å². The summed E-state index contributed by atoms with van der Waals surface area (Å²) in [7, 11) is 0. The first-order valence-corrected chi connectivity index (χ1v) is 10.6. The van der Waals surface area contributed by atoms with Crippen LogP contribution in [0.25, 0.3) is 23.1 Å². The second kappa shape index (κ2) is 9.57. The molecule has 1 fully saturated rings. The van der Waals surface area contributed by atoms with Crippen LogP contribution in [0.1, 0.15) is 11.3 Å². The van der Waals surface area contributed by atoms with Crippen LogP contribution in [0.3, 0.4) is 0 Å². The van der Waals surface area contributed by atoms with Crippen molar-refractivity contribution >= 4 is 51.9 Å². The summed E-state index contributed by atoms with van der Waals surface area (Å²) >= 11 is 0.818. The first kappa shape index (κ1) is 21.5. The van der Waals surface area contributed by atoms with Crippen molar-refractivity contribution in [2.24, 2.45) is 0 Å². The van der Waals surface area contributed by atoms with Gasteiger partial charge in [-0.2, -0.15) is 0 Å². The molecule has 8 heteroatoms. The predicted molar refractivity (Wildman–Crippen MR) is 123 cm³/mol. The first-order valence-electron chi connectivity index (χ1n) is 9.82. The molecular weight excluding hydrogens is 429 g/mol. The van der Waals surface area contributed by atoms with Crippen molar-refractivity contribution in [3.8, 4) is 0 Å². The molecule has 0 unspecified atom stereocenters. The molecule has 3 amide bonds. The molecule has 160 valence electrons. The van der Waals surface area contributed by atoms with Gasteiger partial charge in [0.25, 0.3) is 11.1 Å². The topological polar surface area (TPSA) is 79.4 Å². The zero-order chi connectivity index (χ0) is 22.5. The molecule has 32 heavy (non-hydrogen) atoms. The standard InChI is InChI=1S/C24H18FN3O3S/c25-18-8-5-16(6-9-18)15-21-23(30)28(24(31)32-21)14-13-26-22(29)12-11-19-10-7-17-3-1-2-4-20(17)27-19/h1-12,15H,13-14H2,(H,26,29). The molecule has 0 spiro atoms. The molecule has 0 atom stereocenters. The van der Waals surface area contributed by atoms with Crippen LogP contribution in [-0.4, -0.2) is 40.0 Å². The Hall–Kier alpha value is -3.78. The SMILES string of the molecule is O=C(C=Cc1ccc2ccccc2n1)NCCN1C(=O)SC(=Cc2ccc(F)cc2)C1=O. The number of thioether (sulfide) groups is 1. The number of hydrogen-bond donors (Lipinski definition) is 1. The maximum atomic E-state index is 13.0. The Balaban J connectivity index is 1.30. The van der Waals surface area contributed by atoms with Crippen molar-refractivity contribution in [2.45, 2.75) is 0 Å². The van der Waals surface area contributed by atoms with E-state index in [4.69, 9.17) is 0 Å². The number of carbonyl (C=O) groups excluding carboxylic acids is 3. The van der Waals surface area contributed by atoms with Crippen LogP contribution in [0.2, 0.25) is 0 Å². The number of imide groups is 1. The molecule has 1 aromatic heterocycles. The largest absolute Gasteiger partial charge is 0.351 e. The third kappa shape index (κ3) is 5.09. The number of hydrogen-bond acceptors (Lipinski definition) is 5. The van der Waals surface area contributed by atoms with E-state index >= 15 is 0 Å². The van der Waals surface area contributed by atoms with E-state index in [-0.39, 0.29) is 29.7 Å². The maximum absolute atomic E-state index is 13.0. The Labute approximate surface area is 187 Å². The Morgan fingerprint density at radius 3 is 2.66 bits per heavy atom. The molecule has 6 nitrogen and oxygen atoms in total. The van der Waals surface area contributed by atoms with Crippen LogP contribution in [0.15, 0.2) is 71.6 Å². The second-order valence-electron chi connectivity index (χ2n) is 6.94. The summed E-state index contributed by atoms with van der Waals surface area (Å²) in [5.41, 5.74) is 2.11. The van der Waals surface area contributed by atoms with Gasteiger partial charge in [-0.1, -0.05) is 36.4 Å². The highest BCUT2D eigenvalue weighted by Gasteiger charge is 2.34. The normalized spacial score (nSPS) is 15.3. The molecular formula is C24H18FN3O3S. The van der Waals surface area contributed by atoms with Crippen molar-refractivity contribution in [2.75, 3.05) is 13.1 Å². The summed E-state index contributed by atoms with van der Waals surface area (Å²) in [5.74, 6) is -1.17. The van der Waals surface area contributed by atoms with E-state index < -0.39 is 11.1 Å². The number of halogens is 1. The number of aromatic nitrogens is 1. The van der Waals surface area contributed by atoms with Crippen molar-refractivity contribution in [3.05, 3.63) is 88.7 Å². The highest BCUT2D eigenvalue weighted by molar-refractivity contribution is 8.18. The van der Waals surface area contributed by atoms with Crippen LogP contribution in [0.4, 0.5) is 9.18 Å². The summed E-state index contributed by atoms with van der Waals surface area (Å²) < 4.78 is 13.0. The summed E-state index contributed by atoms with van der Waals surface area (Å²) in [5, 5.41) is 3.26. The molecule has 1 aliphatic heterocycles. The van der Waals surface area contributed by atoms with Crippen molar-refractivity contribution in [1.82, 2.24) is 15.2 Å². The zero-order valence-electron chi connectivity index (χ0n) is 16.8. The second-order valence-corrected chi connectivity index (χ2v) is 7.93. The quantitative estimate of drug-likeness (QED) is 0.572. The predicted octanol–water partition coefficient (Wildman–Crippen LogP) is 4.24. The molecule has 0 radical (unpaired) electrons. The van der Waals surface area contributed by atoms with Gasteiger partial charge in [0.1, 0.15) is 5.82 Å². The van der Waals surface area contributed by atoms with Crippen LogP contribution < -0.4 is 5.32 Å². The van der Waals surface area contributed by atoms with Crippen molar-refractivity contribution in [3.63, 3.8) is 0 Å². The Bertz CT molecular complexity index is 1250. The summed E-state index contributed by atoms with van der Waals surface area (Å²) in [4.78, 5) is 42.5. The van der Waals surface area contributed by atoms with Gasteiger partial charge >= 0.3 is 0 Å². The van der Waals surface area contributed by atoms with Crippen LogP contribution >= 0.6 is 11.8 Å². The van der Waals surface area contributed by atoms with Crippen LogP contribution in [0, 0.1) is 5.82 Å². The average Bonchev–Trinajstić information content (AvgIpc) is 3.06. The molecule has 1 aliphatic rings. The molecule has 4 rings (SSSR count). The van der Waals surface area contributed by atoms with Gasteiger partial charge < -0.3 is 5.32 Å². The summed E-state index contributed by atoms with van der Waals surface area (Å²) in [6.07, 6.45) is 4.51. The lowest BCUT2D eigenvalue weighted by Crippen LogP contribution is -2.36. The maximum Gasteiger partial charge on any atom is 0.293 e. The van der Waals surface area contributed by atoms with Gasteiger partial charge in [0.15, 0.2) is 0 Å². The molecule has 3 aromatic rings. The summed E-state index contributed by atoms with van der Waals surface area (Å²) in [6, 6.07) is 17.1. The number of fused-ring (bicyclic) bond motifs is 1. The minimum atomic E-state index is -0.436. The van der Waals surface area contributed by atoms with Gasteiger partial charge in [0.05, 0.1) is 16.1 Å². The average molecular weight is 447 g/mol. The van der Waals surface area contributed by atoms with Crippen LogP contribution in [0.5, 0.6) is 0 Å². The minimum absolute atomic E-state index is 0.0548. The summed E-state index contributed by atoms with van der Waals surface area (Å²) in [6.45, 7) is 0.176. The lowest BCUT2D eigenvalue weighted by molar-refractivity contribution is -0.123. The number of amides is 3. The van der Waals surface area contributed by atoms with Crippen LogP contribution in [-0.2, 0) is 9.59 Å². The number of benzene rings is 2. The monoisotopic (exact) mass is 447 g/mol. The number of pyridine rings is 1. The Morgan fingerprint density at radius 2 is 1.84 bits per heavy atom. The number of para-hydroxylation sites is 1. The van der Waals surface area contributed by atoms with Gasteiger partial charge in [-0.15, -0.1) is 0 Å². The van der Waals surface area contributed by atoms with Gasteiger partial charge in [-0.25, -0.2) is 9.37 Å². The number of nitrogens with one attached hydrogen (secondary N) is 1. The molecule has 2 aromatic carbocycles. The molecule has 0 aliphatic carbocycles. The van der Waals surface area contributed by atoms with Gasteiger partial charge in [-0.3, -0.25) is 19.3 Å². The number of nitrogens with zero attached hydrogens (tertiary/aromatic N) is 2. The van der Waals surface area contributed by atoms with Gasteiger partial charge in [0.2, 0.25) is 5.91 Å². The highest BCUT2D eigenvalue weighted by atomic mass is 32.2. The van der Waals surface area contributed by atoms with E-state index in [0.717, 1.165) is 27.6 Å². The number of rotatable bonds is 6. The first-order chi connectivity index (χ1) is 15.5. The third-order valence-corrected chi connectivity index (χ3v) is 5.61. The molecule has 1 N–H and O–H groups in total. The molecule has 0 bridgehead atoms. The van der Waals surface area contributed by atoms with E-state index in [1.807, 2.05) is 36.4 Å². The fraction of sp³-hybridized carbons (Fsp3) is 0.0833.